The van der Waals surface area contributed by atoms with Gasteiger partial charge in [0.2, 0.25) is 0 Å². The third kappa shape index (κ3) is 2.35. The number of halogens is 1. The molecule has 3 nitrogen and oxygen atoms in total. The van der Waals surface area contributed by atoms with Crippen molar-refractivity contribution in [3.05, 3.63) is 35.9 Å². The molecule has 0 saturated carbocycles. The number of rotatable bonds is 1. The van der Waals surface area contributed by atoms with Crippen molar-refractivity contribution in [2.24, 2.45) is 0 Å². The smallest absolute Gasteiger partial charge is 0.164 e. The Labute approximate surface area is 100 Å². The van der Waals surface area contributed by atoms with E-state index < -0.39 is 0 Å². The van der Waals surface area contributed by atoms with E-state index in [0.29, 0.717) is 5.82 Å². The summed E-state index contributed by atoms with van der Waals surface area (Å²) >= 11 is 0. The molecule has 0 aliphatic rings. The standard InChI is InChI=1S/C13H16FN3/c1-9-5-10(7-11(14)6-9)12-16-15-8-17(12)13(2,3)4/h5-8H,1-4H3. The molecule has 0 spiro atoms. The van der Waals surface area contributed by atoms with Crippen LogP contribution in [-0.2, 0) is 5.54 Å². The molecule has 0 unspecified atom stereocenters. The third-order valence-corrected chi connectivity index (χ3v) is 2.57. The lowest BCUT2D eigenvalue weighted by atomic mass is 10.1. The molecule has 0 fully saturated rings. The van der Waals surface area contributed by atoms with Crippen LogP contribution in [0, 0.1) is 12.7 Å². The van der Waals surface area contributed by atoms with E-state index in [9.17, 15) is 4.39 Å². The van der Waals surface area contributed by atoms with Crippen molar-refractivity contribution in [1.82, 2.24) is 14.8 Å². The zero-order valence-corrected chi connectivity index (χ0v) is 10.5. The Hall–Kier alpha value is -1.71. The van der Waals surface area contributed by atoms with Gasteiger partial charge in [-0.1, -0.05) is 0 Å². The fourth-order valence-electron chi connectivity index (χ4n) is 1.79. The maximum absolute atomic E-state index is 13.4. The number of benzene rings is 1. The van der Waals surface area contributed by atoms with E-state index >= 15 is 0 Å². The highest BCUT2D eigenvalue weighted by atomic mass is 19.1. The molecule has 0 bridgehead atoms. The SMILES string of the molecule is Cc1cc(F)cc(-c2nncn2C(C)(C)C)c1. The molecule has 0 amide bonds. The fraction of sp³-hybridized carbons (Fsp3) is 0.385. The summed E-state index contributed by atoms with van der Waals surface area (Å²) in [5.41, 5.74) is 1.51. The number of nitrogens with zero attached hydrogens (tertiary/aromatic N) is 3. The molecule has 0 aliphatic carbocycles. The van der Waals surface area contributed by atoms with E-state index in [1.807, 2.05) is 17.6 Å². The predicted octanol–water partition coefficient (Wildman–Crippen LogP) is 3.15. The van der Waals surface area contributed by atoms with Crippen LogP contribution >= 0.6 is 0 Å². The maximum Gasteiger partial charge on any atom is 0.164 e. The summed E-state index contributed by atoms with van der Waals surface area (Å²) in [7, 11) is 0. The molecule has 2 rings (SSSR count). The molecule has 1 heterocycles. The molecule has 0 aliphatic heterocycles. The van der Waals surface area contributed by atoms with Crippen molar-refractivity contribution in [3.63, 3.8) is 0 Å². The second kappa shape index (κ2) is 3.95. The molecular weight excluding hydrogens is 217 g/mol. The Bertz CT molecular complexity index is 518. The highest BCUT2D eigenvalue weighted by molar-refractivity contribution is 5.56. The van der Waals surface area contributed by atoms with Crippen LogP contribution in [0.1, 0.15) is 26.3 Å². The van der Waals surface area contributed by atoms with E-state index in [4.69, 9.17) is 0 Å². The zero-order valence-electron chi connectivity index (χ0n) is 10.5. The summed E-state index contributed by atoms with van der Waals surface area (Å²) in [6.45, 7) is 8.05. The number of aryl methyl sites for hydroxylation is 1. The maximum atomic E-state index is 13.4. The van der Waals surface area contributed by atoms with E-state index in [0.717, 1.165) is 11.1 Å². The molecule has 0 N–H and O–H groups in total. The topological polar surface area (TPSA) is 30.7 Å². The minimum atomic E-state index is -0.247. The average Bonchev–Trinajstić information content (AvgIpc) is 2.63. The molecular formula is C13H16FN3. The van der Waals surface area contributed by atoms with E-state index in [2.05, 4.69) is 31.0 Å². The van der Waals surface area contributed by atoms with Crippen LogP contribution in [0.5, 0.6) is 0 Å². The number of hydrogen-bond acceptors (Lipinski definition) is 2. The second-order valence-electron chi connectivity index (χ2n) is 5.21. The van der Waals surface area contributed by atoms with Gasteiger partial charge in [-0.05, 0) is 51.5 Å². The molecule has 0 atom stereocenters. The highest BCUT2D eigenvalue weighted by Crippen LogP contribution is 2.24. The zero-order chi connectivity index (χ0) is 12.6. The second-order valence-corrected chi connectivity index (χ2v) is 5.21. The van der Waals surface area contributed by atoms with Crippen LogP contribution in [0.25, 0.3) is 11.4 Å². The van der Waals surface area contributed by atoms with Crippen molar-refractivity contribution < 1.29 is 4.39 Å². The van der Waals surface area contributed by atoms with Crippen molar-refractivity contribution in [2.75, 3.05) is 0 Å². The third-order valence-electron chi connectivity index (χ3n) is 2.57. The summed E-state index contributed by atoms with van der Waals surface area (Å²) in [4.78, 5) is 0. The quantitative estimate of drug-likeness (QED) is 0.757. The van der Waals surface area contributed by atoms with Gasteiger partial charge in [0.1, 0.15) is 12.1 Å². The van der Waals surface area contributed by atoms with Gasteiger partial charge in [-0.15, -0.1) is 10.2 Å². The van der Waals surface area contributed by atoms with E-state index in [-0.39, 0.29) is 11.4 Å². The Kier molecular flexibility index (Phi) is 2.73. The van der Waals surface area contributed by atoms with Crippen LogP contribution in [0.4, 0.5) is 4.39 Å². The lowest BCUT2D eigenvalue weighted by Crippen LogP contribution is -2.21. The van der Waals surface area contributed by atoms with Gasteiger partial charge >= 0.3 is 0 Å². The molecule has 4 heteroatoms. The monoisotopic (exact) mass is 233 g/mol. The van der Waals surface area contributed by atoms with E-state index in [1.54, 1.807) is 6.33 Å². The highest BCUT2D eigenvalue weighted by Gasteiger charge is 2.19. The number of hydrogen-bond donors (Lipinski definition) is 0. The first-order valence-electron chi connectivity index (χ1n) is 5.56. The lowest BCUT2D eigenvalue weighted by molar-refractivity contribution is 0.399. The average molecular weight is 233 g/mol. The summed E-state index contributed by atoms with van der Waals surface area (Å²) in [5.74, 6) is 0.448. The first-order chi connectivity index (χ1) is 7.88. The summed E-state index contributed by atoms with van der Waals surface area (Å²) in [5, 5.41) is 8.00. The molecule has 90 valence electrons. The van der Waals surface area contributed by atoms with Gasteiger partial charge in [-0.25, -0.2) is 4.39 Å². The van der Waals surface area contributed by atoms with Crippen LogP contribution in [0.2, 0.25) is 0 Å². The molecule has 1 aromatic heterocycles. The molecule has 2 aromatic rings. The first-order valence-corrected chi connectivity index (χ1v) is 5.56. The Morgan fingerprint density at radius 1 is 1.18 bits per heavy atom. The first kappa shape index (κ1) is 11.8. The minimum Gasteiger partial charge on any atom is -0.308 e. The van der Waals surface area contributed by atoms with Crippen molar-refractivity contribution in [1.29, 1.82) is 0 Å². The summed E-state index contributed by atoms with van der Waals surface area (Å²) in [6, 6.07) is 4.90. The molecule has 0 saturated heterocycles. The van der Waals surface area contributed by atoms with Gasteiger partial charge in [0.15, 0.2) is 5.82 Å². The summed E-state index contributed by atoms with van der Waals surface area (Å²) in [6.07, 6.45) is 1.68. The van der Waals surface area contributed by atoms with Gasteiger partial charge in [0, 0.05) is 11.1 Å². The van der Waals surface area contributed by atoms with Crippen LogP contribution in [-0.4, -0.2) is 14.8 Å². The Balaban J connectivity index is 2.57. The predicted molar refractivity (Wildman–Crippen MR) is 65.1 cm³/mol. The molecule has 17 heavy (non-hydrogen) atoms. The number of aromatic nitrogens is 3. The van der Waals surface area contributed by atoms with Gasteiger partial charge in [-0.2, -0.15) is 0 Å². The minimum absolute atomic E-state index is 0.126. The normalized spacial score (nSPS) is 11.8. The molecule has 0 radical (unpaired) electrons. The lowest BCUT2D eigenvalue weighted by Gasteiger charge is -2.22. The van der Waals surface area contributed by atoms with Crippen molar-refractivity contribution in [2.45, 2.75) is 33.2 Å². The Morgan fingerprint density at radius 2 is 1.88 bits per heavy atom. The molecule has 1 aromatic carbocycles. The van der Waals surface area contributed by atoms with Crippen LogP contribution in [0.15, 0.2) is 24.5 Å². The van der Waals surface area contributed by atoms with Gasteiger partial charge < -0.3 is 4.57 Å². The van der Waals surface area contributed by atoms with Crippen molar-refractivity contribution >= 4 is 0 Å². The largest absolute Gasteiger partial charge is 0.308 e. The van der Waals surface area contributed by atoms with Gasteiger partial charge in [0.25, 0.3) is 0 Å². The van der Waals surface area contributed by atoms with Gasteiger partial charge in [-0.3, -0.25) is 0 Å². The Morgan fingerprint density at radius 3 is 2.47 bits per heavy atom. The van der Waals surface area contributed by atoms with Crippen LogP contribution in [0.3, 0.4) is 0 Å². The van der Waals surface area contributed by atoms with Crippen LogP contribution < -0.4 is 0 Å². The van der Waals surface area contributed by atoms with Crippen molar-refractivity contribution in [3.8, 4) is 11.4 Å². The van der Waals surface area contributed by atoms with Gasteiger partial charge in [0.05, 0.1) is 0 Å². The van der Waals surface area contributed by atoms with E-state index in [1.165, 1.54) is 12.1 Å². The summed E-state index contributed by atoms with van der Waals surface area (Å²) < 4.78 is 15.3. The fourth-order valence-corrected chi connectivity index (χ4v) is 1.79.